The zero-order valence-electron chi connectivity index (χ0n) is 9.44. The Morgan fingerprint density at radius 3 is 3.19 bits per heavy atom. The quantitative estimate of drug-likeness (QED) is 0.749. The zero-order chi connectivity index (χ0) is 11.4. The fraction of sp³-hybridized carbons (Fsp3) is 0.700. The number of H-pyrrole nitrogens is 1. The van der Waals surface area contributed by atoms with Gasteiger partial charge < -0.3 is 10.2 Å². The first-order valence-electron chi connectivity index (χ1n) is 5.59. The summed E-state index contributed by atoms with van der Waals surface area (Å²) in [6.45, 7) is 2.87. The van der Waals surface area contributed by atoms with Gasteiger partial charge in [0.2, 0.25) is 0 Å². The number of hydrogen-bond acceptors (Lipinski definition) is 4. The summed E-state index contributed by atoms with van der Waals surface area (Å²) in [6.07, 6.45) is 3.83. The lowest BCUT2D eigenvalue weighted by Gasteiger charge is -2.27. The summed E-state index contributed by atoms with van der Waals surface area (Å²) >= 11 is 0. The molecular weight excluding hydrogens is 206 g/mol. The average molecular weight is 223 g/mol. The summed E-state index contributed by atoms with van der Waals surface area (Å²) in [5, 5.41) is 13.2. The predicted molar refractivity (Wildman–Crippen MR) is 58.9 cm³/mol. The van der Waals surface area contributed by atoms with Gasteiger partial charge in [-0.25, -0.2) is 0 Å². The fourth-order valence-electron chi connectivity index (χ4n) is 2.05. The molecule has 6 nitrogen and oxygen atoms in total. The van der Waals surface area contributed by atoms with Crippen molar-refractivity contribution in [2.45, 2.75) is 12.8 Å². The van der Waals surface area contributed by atoms with Crippen molar-refractivity contribution in [2.75, 3.05) is 26.7 Å². The molecule has 88 valence electrons. The first kappa shape index (κ1) is 11.1. The Hall–Kier alpha value is -1.43. The monoisotopic (exact) mass is 223 g/mol. The molecule has 0 saturated carbocycles. The third-order valence-corrected chi connectivity index (χ3v) is 2.91. The summed E-state index contributed by atoms with van der Waals surface area (Å²) in [7, 11) is 1.81. The molecule has 1 atom stereocenters. The molecule has 1 amide bonds. The van der Waals surface area contributed by atoms with Gasteiger partial charge in [0.15, 0.2) is 5.69 Å². The Morgan fingerprint density at radius 1 is 1.69 bits per heavy atom. The Morgan fingerprint density at radius 2 is 2.56 bits per heavy atom. The fourth-order valence-corrected chi connectivity index (χ4v) is 2.05. The van der Waals surface area contributed by atoms with E-state index in [-0.39, 0.29) is 5.91 Å². The van der Waals surface area contributed by atoms with Crippen LogP contribution >= 0.6 is 0 Å². The van der Waals surface area contributed by atoms with E-state index >= 15 is 0 Å². The Kier molecular flexibility index (Phi) is 3.51. The van der Waals surface area contributed by atoms with E-state index in [1.807, 2.05) is 7.05 Å². The van der Waals surface area contributed by atoms with E-state index < -0.39 is 0 Å². The minimum Gasteiger partial charge on any atom is -0.340 e. The van der Waals surface area contributed by atoms with Gasteiger partial charge in [-0.1, -0.05) is 0 Å². The molecule has 0 aromatic carbocycles. The second kappa shape index (κ2) is 5.07. The molecule has 2 N–H and O–H groups in total. The lowest BCUT2D eigenvalue weighted by atomic mass is 9.99. The predicted octanol–water partition coefficient (Wildman–Crippen LogP) is -0.124. The van der Waals surface area contributed by atoms with Crippen molar-refractivity contribution in [3.63, 3.8) is 0 Å². The van der Waals surface area contributed by atoms with Gasteiger partial charge in [0.25, 0.3) is 5.91 Å². The number of aromatic nitrogens is 3. The molecule has 2 heterocycles. The van der Waals surface area contributed by atoms with E-state index in [1.54, 1.807) is 4.90 Å². The number of hydrogen-bond donors (Lipinski definition) is 2. The van der Waals surface area contributed by atoms with E-state index in [1.165, 1.54) is 19.0 Å². The SMILES string of the molecule is CN(CC1CCCNC1)C(=O)c1cn[nH]n1. The summed E-state index contributed by atoms with van der Waals surface area (Å²) in [5.41, 5.74) is 0.381. The number of nitrogens with one attached hydrogen (secondary N) is 2. The number of nitrogens with zero attached hydrogens (tertiary/aromatic N) is 3. The van der Waals surface area contributed by atoms with Gasteiger partial charge in [-0.3, -0.25) is 4.79 Å². The van der Waals surface area contributed by atoms with Gasteiger partial charge in [0.1, 0.15) is 0 Å². The molecule has 16 heavy (non-hydrogen) atoms. The minimum atomic E-state index is -0.0701. The topological polar surface area (TPSA) is 73.9 Å². The molecule has 0 radical (unpaired) electrons. The second-order valence-corrected chi connectivity index (χ2v) is 4.25. The molecule has 1 saturated heterocycles. The van der Waals surface area contributed by atoms with E-state index in [0.717, 1.165) is 19.6 Å². The van der Waals surface area contributed by atoms with Crippen LogP contribution in [0.2, 0.25) is 0 Å². The first-order valence-corrected chi connectivity index (χ1v) is 5.59. The van der Waals surface area contributed by atoms with Crippen molar-refractivity contribution >= 4 is 5.91 Å². The van der Waals surface area contributed by atoms with Crippen molar-refractivity contribution in [1.29, 1.82) is 0 Å². The van der Waals surface area contributed by atoms with Crippen LogP contribution in [-0.2, 0) is 0 Å². The molecule has 1 fully saturated rings. The molecule has 0 aliphatic carbocycles. The van der Waals surface area contributed by atoms with E-state index in [9.17, 15) is 4.79 Å². The molecular formula is C10H17N5O. The summed E-state index contributed by atoms with van der Waals surface area (Å²) in [4.78, 5) is 13.6. The minimum absolute atomic E-state index is 0.0701. The lowest BCUT2D eigenvalue weighted by Crippen LogP contribution is -2.39. The van der Waals surface area contributed by atoms with E-state index in [4.69, 9.17) is 0 Å². The molecule has 2 rings (SSSR count). The maximum absolute atomic E-state index is 11.9. The molecule has 1 unspecified atom stereocenters. The summed E-state index contributed by atoms with van der Waals surface area (Å²) in [5.74, 6) is 0.480. The van der Waals surface area contributed by atoms with Crippen molar-refractivity contribution in [3.05, 3.63) is 11.9 Å². The molecule has 1 aromatic rings. The maximum Gasteiger partial charge on any atom is 0.275 e. The number of carbonyl (C=O) groups is 1. The number of amides is 1. The smallest absolute Gasteiger partial charge is 0.275 e. The Labute approximate surface area is 94.4 Å². The van der Waals surface area contributed by atoms with Gasteiger partial charge in [0, 0.05) is 13.6 Å². The molecule has 1 aromatic heterocycles. The van der Waals surface area contributed by atoms with Crippen LogP contribution in [0.15, 0.2) is 6.20 Å². The Bertz CT molecular complexity index is 331. The number of aromatic amines is 1. The third kappa shape index (κ3) is 2.57. The van der Waals surface area contributed by atoms with Crippen molar-refractivity contribution in [1.82, 2.24) is 25.6 Å². The van der Waals surface area contributed by atoms with Gasteiger partial charge in [0.05, 0.1) is 6.20 Å². The molecule has 6 heteroatoms. The van der Waals surface area contributed by atoms with E-state index in [0.29, 0.717) is 11.6 Å². The average Bonchev–Trinajstić information content (AvgIpc) is 2.83. The maximum atomic E-state index is 11.9. The normalized spacial score (nSPS) is 20.7. The van der Waals surface area contributed by atoms with Gasteiger partial charge in [-0.05, 0) is 31.8 Å². The van der Waals surface area contributed by atoms with Gasteiger partial charge in [-0.2, -0.15) is 15.4 Å². The second-order valence-electron chi connectivity index (χ2n) is 4.25. The number of carbonyl (C=O) groups excluding carboxylic acids is 1. The van der Waals surface area contributed by atoms with Crippen LogP contribution < -0.4 is 5.32 Å². The largest absolute Gasteiger partial charge is 0.340 e. The van der Waals surface area contributed by atoms with Crippen LogP contribution in [0.4, 0.5) is 0 Å². The van der Waals surface area contributed by atoms with Crippen LogP contribution in [0.25, 0.3) is 0 Å². The van der Waals surface area contributed by atoms with Crippen molar-refractivity contribution in [3.8, 4) is 0 Å². The first-order chi connectivity index (χ1) is 7.77. The third-order valence-electron chi connectivity index (χ3n) is 2.91. The lowest BCUT2D eigenvalue weighted by molar-refractivity contribution is 0.0759. The standard InChI is InChI=1S/C10H17N5O/c1-15(7-8-3-2-4-11-5-8)10(16)9-6-12-14-13-9/h6,8,11H,2-5,7H2,1H3,(H,12,13,14). The van der Waals surface area contributed by atoms with Crippen LogP contribution in [0.3, 0.4) is 0 Å². The molecule has 0 spiro atoms. The molecule has 0 bridgehead atoms. The van der Waals surface area contributed by atoms with Crippen molar-refractivity contribution in [2.24, 2.45) is 5.92 Å². The van der Waals surface area contributed by atoms with Crippen molar-refractivity contribution < 1.29 is 4.79 Å². The number of rotatable bonds is 3. The summed E-state index contributed by atoms with van der Waals surface area (Å²) in [6, 6.07) is 0. The van der Waals surface area contributed by atoms with Crippen LogP contribution in [0, 0.1) is 5.92 Å². The number of piperidine rings is 1. The highest BCUT2D eigenvalue weighted by Gasteiger charge is 2.20. The van der Waals surface area contributed by atoms with Gasteiger partial charge >= 0.3 is 0 Å². The Balaban J connectivity index is 1.87. The highest BCUT2D eigenvalue weighted by atomic mass is 16.2. The zero-order valence-corrected chi connectivity index (χ0v) is 9.44. The van der Waals surface area contributed by atoms with Gasteiger partial charge in [-0.15, -0.1) is 0 Å². The van der Waals surface area contributed by atoms with Crippen LogP contribution in [0.1, 0.15) is 23.3 Å². The molecule has 1 aliphatic heterocycles. The highest BCUT2D eigenvalue weighted by molar-refractivity contribution is 5.91. The van der Waals surface area contributed by atoms with E-state index in [2.05, 4.69) is 20.7 Å². The van der Waals surface area contributed by atoms with Crippen LogP contribution in [-0.4, -0.2) is 52.9 Å². The molecule has 1 aliphatic rings. The highest BCUT2D eigenvalue weighted by Crippen LogP contribution is 2.11. The van der Waals surface area contributed by atoms with Crippen LogP contribution in [0.5, 0.6) is 0 Å². The summed E-state index contributed by atoms with van der Waals surface area (Å²) < 4.78 is 0.